The molecule has 1 N–H and O–H groups in total. The Morgan fingerprint density at radius 2 is 1.76 bits per heavy atom. The molecule has 0 spiro atoms. The Morgan fingerprint density at radius 1 is 1.24 bits per heavy atom. The van der Waals surface area contributed by atoms with Crippen molar-refractivity contribution in [3.05, 3.63) is 0 Å². The highest BCUT2D eigenvalue weighted by atomic mass is 127. The highest BCUT2D eigenvalue weighted by Crippen LogP contribution is 2.34. The molecule has 17 heavy (non-hydrogen) atoms. The highest BCUT2D eigenvalue weighted by molar-refractivity contribution is 14.1. The van der Waals surface area contributed by atoms with E-state index in [1.54, 1.807) is 0 Å². The predicted octanol–water partition coefficient (Wildman–Crippen LogP) is 3.23. The number of hydrogen-bond donors (Lipinski definition) is 1. The third-order valence-corrected chi connectivity index (χ3v) is 8.22. The van der Waals surface area contributed by atoms with Crippen LogP contribution >= 0.6 is 22.9 Å². The molecule has 1 rings (SSSR count). The highest BCUT2D eigenvalue weighted by Gasteiger charge is 2.41. The minimum atomic E-state index is -3.05. The zero-order valence-electron chi connectivity index (χ0n) is 11.1. The van der Waals surface area contributed by atoms with E-state index in [4.69, 9.17) is 0 Å². The SMILES string of the molecule is CCC(C)(C)S(=O)(=O)CC1(NI)CCCCC1. The van der Waals surface area contributed by atoms with Crippen molar-refractivity contribution in [1.29, 1.82) is 0 Å². The molecule has 102 valence electrons. The molecule has 0 aromatic heterocycles. The van der Waals surface area contributed by atoms with Crippen LogP contribution in [-0.2, 0) is 9.84 Å². The van der Waals surface area contributed by atoms with Crippen LogP contribution in [0.2, 0.25) is 0 Å². The first-order chi connectivity index (χ1) is 7.79. The number of nitrogens with one attached hydrogen (secondary N) is 1. The van der Waals surface area contributed by atoms with Crippen molar-refractivity contribution in [2.24, 2.45) is 0 Å². The molecular formula is C12H24INO2S. The number of halogens is 1. The quantitative estimate of drug-likeness (QED) is 0.595. The smallest absolute Gasteiger partial charge is 0.157 e. The van der Waals surface area contributed by atoms with Crippen LogP contribution in [0.25, 0.3) is 0 Å². The van der Waals surface area contributed by atoms with E-state index in [0.29, 0.717) is 6.42 Å². The maximum absolute atomic E-state index is 12.5. The lowest BCUT2D eigenvalue weighted by atomic mass is 9.84. The van der Waals surface area contributed by atoms with E-state index >= 15 is 0 Å². The van der Waals surface area contributed by atoms with E-state index in [1.807, 2.05) is 20.8 Å². The second-order valence-electron chi connectivity index (χ2n) is 5.81. The van der Waals surface area contributed by atoms with Gasteiger partial charge in [-0.05, 0) is 33.1 Å². The van der Waals surface area contributed by atoms with Gasteiger partial charge in [0.1, 0.15) is 0 Å². The van der Waals surface area contributed by atoms with Crippen LogP contribution in [0, 0.1) is 0 Å². The van der Waals surface area contributed by atoms with E-state index in [2.05, 4.69) is 26.4 Å². The van der Waals surface area contributed by atoms with Crippen LogP contribution < -0.4 is 3.53 Å². The van der Waals surface area contributed by atoms with Gasteiger partial charge in [0, 0.05) is 28.4 Å². The number of rotatable bonds is 5. The molecule has 5 heteroatoms. The summed E-state index contributed by atoms with van der Waals surface area (Å²) in [5.41, 5.74) is -0.190. The molecule has 0 unspecified atom stereocenters. The fourth-order valence-corrected chi connectivity index (χ4v) is 5.18. The summed E-state index contributed by atoms with van der Waals surface area (Å²) in [6.45, 7) is 5.63. The largest absolute Gasteiger partial charge is 0.254 e. The van der Waals surface area contributed by atoms with E-state index < -0.39 is 14.6 Å². The van der Waals surface area contributed by atoms with Crippen molar-refractivity contribution in [1.82, 2.24) is 3.53 Å². The topological polar surface area (TPSA) is 46.2 Å². The predicted molar refractivity (Wildman–Crippen MR) is 81.1 cm³/mol. The molecule has 0 heterocycles. The minimum absolute atomic E-state index is 0.190. The van der Waals surface area contributed by atoms with Crippen molar-refractivity contribution in [2.75, 3.05) is 5.75 Å². The first-order valence-electron chi connectivity index (χ1n) is 6.39. The van der Waals surface area contributed by atoms with Gasteiger partial charge in [-0.1, -0.05) is 26.2 Å². The second kappa shape index (κ2) is 5.74. The molecule has 0 aromatic rings. The molecule has 1 fully saturated rings. The molecule has 0 atom stereocenters. The molecule has 1 saturated carbocycles. The van der Waals surface area contributed by atoms with Crippen LogP contribution in [-0.4, -0.2) is 24.5 Å². The van der Waals surface area contributed by atoms with Gasteiger partial charge in [-0.2, -0.15) is 0 Å². The lowest BCUT2D eigenvalue weighted by molar-refractivity contribution is 0.308. The molecule has 0 aromatic carbocycles. The van der Waals surface area contributed by atoms with Crippen molar-refractivity contribution < 1.29 is 8.42 Å². The van der Waals surface area contributed by atoms with Crippen LogP contribution in [0.1, 0.15) is 59.3 Å². The minimum Gasteiger partial charge on any atom is -0.254 e. The van der Waals surface area contributed by atoms with Crippen molar-refractivity contribution >= 4 is 32.7 Å². The Bertz CT molecular complexity index is 346. The molecule has 0 amide bonds. The summed E-state index contributed by atoms with van der Waals surface area (Å²) in [5, 5.41) is 0. The van der Waals surface area contributed by atoms with Gasteiger partial charge >= 0.3 is 0 Å². The Labute approximate surface area is 120 Å². The Kier molecular flexibility index (Phi) is 5.30. The van der Waals surface area contributed by atoms with Gasteiger partial charge in [-0.3, -0.25) is 3.53 Å². The lowest BCUT2D eigenvalue weighted by Crippen LogP contribution is -2.51. The standard InChI is InChI=1S/C12H24INO2S/c1-4-11(2,3)17(15,16)10-12(14-13)8-6-5-7-9-12/h14H,4-10H2,1-3H3. The zero-order valence-corrected chi connectivity index (χ0v) is 14.0. The summed E-state index contributed by atoms with van der Waals surface area (Å²) in [7, 11) is -3.05. The van der Waals surface area contributed by atoms with Gasteiger partial charge in [0.25, 0.3) is 0 Å². The molecule has 1 aliphatic rings. The average Bonchev–Trinajstić information content (AvgIpc) is 2.29. The third-order valence-electron chi connectivity index (χ3n) is 4.17. The molecule has 3 nitrogen and oxygen atoms in total. The summed E-state index contributed by atoms with van der Waals surface area (Å²) < 4.78 is 27.6. The van der Waals surface area contributed by atoms with Crippen molar-refractivity contribution in [3.63, 3.8) is 0 Å². The van der Waals surface area contributed by atoms with Crippen LogP contribution in [0.3, 0.4) is 0 Å². The lowest BCUT2D eigenvalue weighted by Gasteiger charge is -2.38. The fraction of sp³-hybridized carbons (Fsp3) is 1.00. The summed E-state index contributed by atoms with van der Waals surface area (Å²) in [6.07, 6.45) is 6.14. The maximum atomic E-state index is 12.5. The average molecular weight is 373 g/mol. The molecule has 1 aliphatic carbocycles. The van der Waals surface area contributed by atoms with Gasteiger partial charge < -0.3 is 0 Å². The second-order valence-corrected chi connectivity index (χ2v) is 8.97. The fourth-order valence-electron chi connectivity index (χ4n) is 2.27. The van der Waals surface area contributed by atoms with Crippen LogP contribution in [0.5, 0.6) is 0 Å². The van der Waals surface area contributed by atoms with Crippen molar-refractivity contribution in [3.8, 4) is 0 Å². The van der Waals surface area contributed by atoms with E-state index in [-0.39, 0.29) is 11.3 Å². The van der Waals surface area contributed by atoms with E-state index in [9.17, 15) is 8.42 Å². The third kappa shape index (κ3) is 3.56. The number of sulfone groups is 1. The van der Waals surface area contributed by atoms with E-state index in [0.717, 1.165) is 25.7 Å². The Hall–Kier alpha value is 0.640. The van der Waals surface area contributed by atoms with Crippen LogP contribution in [0.4, 0.5) is 0 Å². The van der Waals surface area contributed by atoms with Gasteiger partial charge in [-0.15, -0.1) is 0 Å². The first-order valence-corrected chi connectivity index (χ1v) is 9.12. The van der Waals surface area contributed by atoms with Crippen molar-refractivity contribution in [2.45, 2.75) is 69.6 Å². The van der Waals surface area contributed by atoms with Gasteiger partial charge in [0.15, 0.2) is 9.84 Å². The molecule has 0 bridgehead atoms. The molecule has 0 saturated heterocycles. The number of hydrogen-bond acceptors (Lipinski definition) is 3. The summed E-state index contributed by atoms with van der Waals surface area (Å²) in [5.74, 6) is 0.282. The first kappa shape index (κ1) is 15.7. The molecular weight excluding hydrogens is 349 g/mol. The van der Waals surface area contributed by atoms with Crippen LogP contribution in [0.15, 0.2) is 0 Å². The monoisotopic (exact) mass is 373 g/mol. The normalized spacial score (nSPS) is 21.4. The van der Waals surface area contributed by atoms with E-state index in [1.165, 1.54) is 6.42 Å². The maximum Gasteiger partial charge on any atom is 0.157 e. The Morgan fingerprint density at radius 3 is 2.18 bits per heavy atom. The molecule has 0 radical (unpaired) electrons. The summed E-state index contributed by atoms with van der Waals surface area (Å²) >= 11 is 2.13. The Balaban J connectivity index is 2.88. The molecule has 0 aliphatic heterocycles. The summed E-state index contributed by atoms with van der Waals surface area (Å²) in [4.78, 5) is 0. The zero-order chi connectivity index (χ0) is 13.2. The van der Waals surface area contributed by atoms with Gasteiger partial charge in [0.2, 0.25) is 0 Å². The van der Waals surface area contributed by atoms with Gasteiger partial charge in [0.05, 0.1) is 10.5 Å². The summed E-state index contributed by atoms with van der Waals surface area (Å²) in [6, 6.07) is 0. The van der Waals surface area contributed by atoms with Gasteiger partial charge in [-0.25, -0.2) is 8.42 Å².